The molecule has 0 aromatic heterocycles. The number of alkyl halides is 1. The highest BCUT2D eigenvalue weighted by Crippen LogP contribution is 2.35. The summed E-state index contributed by atoms with van der Waals surface area (Å²) in [4.78, 5) is 0.341. The topological polar surface area (TPSA) is 18.5 Å². The van der Waals surface area contributed by atoms with Crippen LogP contribution in [0.3, 0.4) is 0 Å². The molecule has 0 radical (unpaired) electrons. The van der Waals surface area contributed by atoms with Crippen LogP contribution in [-0.4, -0.2) is 19.8 Å². The van der Waals surface area contributed by atoms with Crippen molar-refractivity contribution in [3.8, 4) is 5.75 Å². The fourth-order valence-electron chi connectivity index (χ4n) is 2.07. The van der Waals surface area contributed by atoms with E-state index in [0.29, 0.717) is 10.9 Å². The van der Waals surface area contributed by atoms with E-state index in [2.05, 4.69) is 44.0 Å². The van der Waals surface area contributed by atoms with Crippen LogP contribution in [0.2, 0.25) is 0 Å². The molecule has 2 nitrogen and oxygen atoms in total. The standard InChI is InChI=1S/C13H16Br2O2/c1-16-13-5-4-9(7-12(13)15)11(14)8-10-3-2-6-17-10/h4-5,7,10-11H,2-3,6,8H2,1H3. The molecule has 1 aromatic carbocycles. The number of halogens is 2. The Labute approximate surface area is 119 Å². The Bertz CT molecular complexity index is 376. The first-order valence-electron chi connectivity index (χ1n) is 5.80. The zero-order valence-corrected chi connectivity index (χ0v) is 13.0. The summed E-state index contributed by atoms with van der Waals surface area (Å²) < 4.78 is 11.9. The van der Waals surface area contributed by atoms with Gasteiger partial charge in [0.25, 0.3) is 0 Å². The minimum Gasteiger partial charge on any atom is -0.496 e. The highest BCUT2D eigenvalue weighted by Gasteiger charge is 2.20. The lowest BCUT2D eigenvalue weighted by Crippen LogP contribution is -2.08. The van der Waals surface area contributed by atoms with Gasteiger partial charge in [-0.25, -0.2) is 0 Å². The number of hydrogen-bond donors (Lipinski definition) is 0. The van der Waals surface area contributed by atoms with Crippen molar-refractivity contribution in [1.29, 1.82) is 0 Å². The molecule has 1 saturated heterocycles. The largest absolute Gasteiger partial charge is 0.496 e. The van der Waals surface area contributed by atoms with Gasteiger partial charge >= 0.3 is 0 Å². The third kappa shape index (κ3) is 3.46. The van der Waals surface area contributed by atoms with E-state index in [4.69, 9.17) is 9.47 Å². The zero-order valence-electron chi connectivity index (χ0n) is 9.79. The van der Waals surface area contributed by atoms with Crippen LogP contribution in [0.5, 0.6) is 5.75 Å². The van der Waals surface area contributed by atoms with Gasteiger partial charge in [0.05, 0.1) is 17.7 Å². The Morgan fingerprint density at radius 3 is 2.94 bits per heavy atom. The van der Waals surface area contributed by atoms with Crippen LogP contribution < -0.4 is 4.74 Å². The molecule has 0 amide bonds. The quantitative estimate of drug-likeness (QED) is 0.735. The Kier molecular flexibility index (Phi) is 4.88. The fourth-order valence-corrected chi connectivity index (χ4v) is 3.33. The second kappa shape index (κ2) is 6.21. The summed E-state index contributed by atoms with van der Waals surface area (Å²) in [5.74, 6) is 0.866. The summed E-state index contributed by atoms with van der Waals surface area (Å²) >= 11 is 7.25. The fraction of sp³-hybridized carbons (Fsp3) is 0.538. The van der Waals surface area contributed by atoms with Crippen molar-refractivity contribution in [2.75, 3.05) is 13.7 Å². The average molecular weight is 364 g/mol. The van der Waals surface area contributed by atoms with E-state index in [1.54, 1.807) is 7.11 Å². The average Bonchev–Trinajstić information content (AvgIpc) is 2.81. The number of benzene rings is 1. The van der Waals surface area contributed by atoms with Gasteiger partial charge in [-0.3, -0.25) is 0 Å². The van der Waals surface area contributed by atoms with Crippen LogP contribution in [0.15, 0.2) is 22.7 Å². The van der Waals surface area contributed by atoms with E-state index in [-0.39, 0.29) is 0 Å². The summed E-state index contributed by atoms with van der Waals surface area (Å²) in [5.41, 5.74) is 1.26. The van der Waals surface area contributed by atoms with E-state index in [9.17, 15) is 0 Å². The van der Waals surface area contributed by atoms with Crippen molar-refractivity contribution >= 4 is 31.9 Å². The first kappa shape index (κ1) is 13.4. The molecule has 17 heavy (non-hydrogen) atoms. The summed E-state index contributed by atoms with van der Waals surface area (Å²) in [6.45, 7) is 0.913. The van der Waals surface area contributed by atoms with Crippen LogP contribution in [0.4, 0.5) is 0 Å². The second-order valence-electron chi connectivity index (χ2n) is 4.23. The van der Waals surface area contributed by atoms with Crippen LogP contribution in [0.25, 0.3) is 0 Å². The molecule has 1 fully saturated rings. The van der Waals surface area contributed by atoms with Crippen molar-refractivity contribution in [2.24, 2.45) is 0 Å². The van der Waals surface area contributed by atoms with Crippen molar-refractivity contribution in [2.45, 2.75) is 30.2 Å². The molecule has 94 valence electrons. The van der Waals surface area contributed by atoms with Gasteiger partial charge in [-0.15, -0.1) is 0 Å². The highest BCUT2D eigenvalue weighted by molar-refractivity contribution is 9.10. The lowest BCUT2D eigenvalue weighted by atomic mass is 10.0. The van der Waals surface area contributed by atoms with Gasteiger partial charge < -0.3 is 9.47 Å². The number of methoxy groups -OCH3 is 1. The van der Waals surface area contributed by atoms with Crippen molar-refractivity contribution in [1.82, 2.24) is 0 Å². The Morgan fingerprint density at radius 1 is 1.53 bits per heavy atom. The predicted molar refractivity (Wildman–Crippen MR) is 76.0 cm³/mol. The molecule has 2 unspecified atom stereocenters. The van der Waals surface area contributed by atoms with E-state index in [1.165, 1.54) is 18.4 Å². The van der Waals surface area contributed by atoms with Crippen LogP contribution in [0.1, 0.15) is 29.7 Å². The SMILES string of the molecule is COc1ccc(C(Br)CC2CCCO2)cc1Br. The molecule has 0 aliphatic carbocycles. The third-order valence-electron chi connectivity index (χ3n) is 3.03. The second-order valence-corrected chi connectivity index (χ2v) is 6.19. The van der Waals surface area contributed by atoms with Crippen molar-refractivity contribution < 1.29 is 9.47 Å². The molecule has 1 heterocycles. The Morgan fingerprint density at radius 2 is 2.35 bits per heavy atom. The normalized spacial score (nSPS) is 21.5. The first-order valence-corrected chi connectivity index (χ1v) is 7.50. The molecule has 0 N–H and O–H groups in total. The van der Waals surface area contributed by atoms with Gasteiger partial charge in [0.1, 0.15) is 5.75 Å². The maximum atomic E-state index is 5.65. The maximum absolute atomic E-state index is 5.65. The first-order chi connectivity index (χ1) is 8.20. The van der Waals surface area contributed by atoms with E-state index < -0.39 is 0 Å². The molecule has 0 saturated carbocycles. The highest BCUT2D eigenvalue weighted by atomic mass is 79.9. The molecule has 1 aliphatic rings. The molecule has 1 aliphatic heterocycles. The molecular formula is C13H16Br2O2. The number of ether oxygens (including phenoxy) is 2. The molecule has 0 bridgehead atoms. The molecular weight excluding hydrogens is 348 g/mol. The van der Waals surface area contributed by atoms with Crippen molar-refractivity contribution in [3.63, 3.8) is 0 Å². The summed E-state index contributed by atoms with van der Waals surface area (Å²) in [5, 5.41) is 0. The third-order valence-corrected chi connectivity index (χ3v) is 4.55. The van der Waals surface area contributed by atoms with Gasteiger partial charge in [0, 0.05) is 11.4 Å². The lowest BCUT2D eigenvalue weighted by molar-refractivity contribution is 0.104. The molecule has 1 aromatic rings. The van der Waals surface area contributed by atoms with E-state index in [1.807, 2.05) is 6.07 Å². The molecule has 2 rings (SSSR count). The number of hydrogen-bond acceptors (Lipinski definition) is 2. The minimum atomic E-state index is 0.341. The van der Waals surface area contributed by atoms with Gasteiger partial charge in [0.15, 0.2) is 0 Å². The monoisotopic (exact) mass is 362 g/mol. The minimum absolute atomic E-state index is 0.341. The van der Waals surface area contributed by atoms with Gasteiger partial charge in [-0.2, -0.15) is 0 Å². The van der Waals surface area contributed by atoms with E-state index >= 15 is 0 Å². The van der Waals surface area contributed by atoms with Gasteiger partial charge in [-0.05, 0) is 52.9 Å². The molecule has 0 spiro atoms. The van der Waals surface area contributed by atoms with E-state index in [0.717, 1.165) is 23.2 Å². The summed E-state index contributed by atoms with van der Waals surface area (Å²) in [7, 11) is 1.68. The predicted octanol–water partition coefficient (Wildman–Crippen LogP) is 4.46. The lowest BCUT2D eigenvalue weighted by Gasteiger charge is -2.16. The maximum Gasteiger partial charge on any atom is 0.133 e. The Hall–Kier alpha value is -0.0600. The van der Waals surface area contributed by atoms with Crippen molar-refractivity contribution in [3.05, 3.63) is 28.2 Å². The summed E-state index contributed by atoms with van der Waals surface area (Å²) in [6.07, 6.45) is 3.80. The van der Waals surface area contributed by atoms with Gasteiger partial charge in [-0.1, -0.05) is 22.0 Å². The van der Waals surface area contributed by atoms with Gasteiger partial charge in [0.2, 0.25) is 0 Å². The smallest absolute Gasteiger partial charge is 0.133 e. The van der Waals surface area contributed by atoms with Crippen LogP contribution in [0, 0.1) is 0 Å². The Balaban J connectivity index is 2.02. The van der Waals surface area contributed by atoms with Crippen LogP contribution in [-0.2, 0) is 4.74 Å². The summed E-state index contributed by atoms with van der Waals surface area (Å²) in [6, 6.07) is 6.19. The van der Waals surface area contributed by atoms with Crippen LogP contribution >= 0.6 is 31.9 Å². The molecule has 4 heteroatoms. The number of rotatable bonds is 4. The zero-order chi connectivity index (χ0) is 12.3. The molecule has 2 atom stereocenters.